The highest BCUT2D eigenvalue weighted by atomic mass is 19.4. The minimum atomic E-state index is -4.85. The van der Waals surface area contributed by atoms with Gasteiger partial charge in [0.1, 0.15) is 0 Å². The van der Waals surface area contributed by atoms with Gasteiger partial charge in [-0.05, 0) is 0 Å². The van der Waals surface area contributed by atoms with Gasteiger partial charge in [0, 0.05) is 0 Å². The first-order valence-corrected chi connectivity index (χ1v) is 4.95. The van der Waals surface area contributed by atoms with Crippen LogP contribution in [-0.2, 0) is 14.3 Å². The molecule has 0 saturated heterocycles. The number of terminal acetylenes is 2. The van der Waals surface area contributed by atoms with Crippen LogP contribution in [0.25, 0.3) is 0 Å². The van der Waals surface area contributed by atoms with Crippen LogP contribution in [0.15, 0.2) is 0 Å². The molecular weight excluding hydrogens is 322 g/mol. The van der Waals surface area contributed by atoms with Crippen LogP contribution in [0.2, 0.25) is 0 Å². The Morgan fingerprint density at radius 1 is 1.09 bits per heavy atom. The summed E-state index contributed by atoms with van der Waals surface area (Å²) in [7, 11) is 0.676. The highest BCUT2D eigenvalue weighted by Crippen LogP contribution is 2.15. The fourth-order valence-electron chi connectivity index (χ4n) is 0.347. The molecule has 0 aromatic carbocycles. The van der Waals surface area contributed by atoms with Crippen LogP contribution in [-0.4, -0.2) is 44.4 Å². The number of carbonyl (C=O) groups excluding carboxylic acids is 2. The number of hydrogen-bond donors (Lipinski definition) is 2. The zero-order chi connectivity index (χ0) is 18.4. The van der Waals surface area contributed by atoms with Crippen molar-refractivity contribution in [1.29, 1.82) is 0 Å². The van der Waals surface area contributed by atoms with E-state index >= 15 is 0 Å². The molecule has 5 nitrogen and oxygen atoms in total. The highest BCUT2D eigenvalue weighted by Gasteiger charge is 2.40. The minimum Gasteiger partial charge on any atom is -0.462 e. The second-order valence-corrected chi connectivity index (χ2v) is 2.78. The summed E-state index contributed by atoms with van der Waals surface area (Å²) in [6, 6.07) is 0. The van der Waals surface area contributed by atoms with E-state index in [1.807, 2.05) is 5.92 Å². The maximum atomic E-state index is 11.3. The van der Waals surface area contributed by atoms with Gasteiger partial charge >= 0.3 is 24.2 Å². The monoisotopic (exact) mass is 334 g/mol. The number of nitrogens with two attached hydrogens (primary N) is 1. The Labute approximate surface area is 122 Å². The van der Waals surface area contributed by atoms with Gasteiger partial charge in [0.15, 0.2) is 0 Å². The molecular formula is C11H12F6N2O3. The normalized spacial score (nSPS) is 9.55. The number of esters is 1. The summed E-state index contributed by atoms with van der Waals surface area (Å²) in [4.78, 5) is 19.4. The van der Waals surface area contributed by atoms with E-state index in [1.54, 1.807) is 0 Å². The van der Waals surface area contributed by atoms with E-state index in [0.717, 1.165) is 0 Å². The predicted octanol–water partition coefficient (Wildman–Crippen LogP) is 0.598. The summed E-state index contributed by atoms with van der Waals surface area (Å²) in [5.41, 5.74) is 4.79. The number of hydrogen-bond acceptors (Lipinski definition) is 4. The number of carbonyl (C=O) groups is 2. The van der Waals surface area contributed by atoms with Crippen molar-refractivity contribution in [3.63, 3.8) is 0 Å². The molecule has 0 saturated carbocycles. The van der Waals surface area contributed by atoms with Gasteiger partial charge in [0.2, 0.25) is 0 Å². The fourth-order valence-corrected chi connectivity index (χ4v) is 0.347. The maximum absolute atomic E-state index is 11.3. The van der Waals surface area contributed by atoms with E-state index in [9.17, 15) is 35.9 Å². The standard InChI is InChI=1S/C5H4F3NO.C3H3F3O2.C3H5N/c1-2-3-9-4(10)5(6,7)8;1-8-2(7)3(4,5)6;1-2-3-4/h1H,3H2,(H,9,10);1H3;1H,3-4H2. The number of amides is 1. The Bertz CT molecular complexity index is 418. The molecule has 0 aliphatic rings. The molecule has 11 heteroatoms. The fraction of sp³-hybridized carbons (Fsp3) is 0.455. The first-order valence-electron chi connectivity index (χ1n) is 4.95. The van der Waals surface area contributed by atoms with Crippen LogP contribution in [0.5, 0.6) is 0 Å². The third kappa shape index (κ3) is 17.6. The summed E-state index contributed by atoms with van der Waals surface area (Å²) in [5.74, 6) is -0.131. The Morgan fingerprint density at radius 2 is 1.50 bits per heavy atom. The lowest BCUT2D eigenvalue weighted by Crippen LogP contribution is -2.36. The van der Waals surface area contributed by atoms with Crippen LogP contribution >= 0.6 is 0 Å². The Morgan fingerprint density at radius 3 is 1.64 bits per heavy atom. The molecule has 0 aromatic heterocycles. The van der Waals surface area contributed by atoms with Gasteiger partial charge in [0.25, 0.3) is 0 Å². The van der Waals surface area contributed by atoms with Gasteiger partial charge in [-0.15, -0.1) is 12.8 Å². The molecule has 0 bridgehead atoms. The molecule has 1 amide bonds. The summed E-state index contributed by atoms with van der Waals surface area (Å²) < 4.78 is 70.2. The van der Waals surface area contributed by atoms with Gasteiger partial charge in [-0.3, -0.25) is 4.79 Å². The SMILES string of the molecule is C#CCN.C#CCNC(=O)C(F)(F)F.COC(=O)C(F)(F)F. The van der Waals surface area contributed by atoms with Gasteiger partial charge < -0.3 is 15.8 Å². The second kappa shape index (κ2) is 12.3. The molecule has 0 radical (unpaired) electrons. The molecule has 22 heavy (non-hydrogen) atoms. The van der Waals surface area contributed by atoms with Crippen LogP contribution in [0, 0.1) is 24.7 Å². The molecule has 0 aliphatic heterocycles. The van der Waals surface area contributed by atoms with Crippen molar-refractivity contribution in [2.45, 2.75) is 12.4 Å². The summed E-state index contributed by atoms with van der Waals surface area (Å²) >= 11 is 0. The van der Waals surface area contributed by atoms with Crippen molar-refractivity contribution in [1.82, 2.24) is 5.32 Å². The van der Waals surface area contributed by atoms with Crippen molar-refractivity contribution in [2.24, 2.45) is 5.73 Å². The Kier molecular flexibility index (Phi) is 13.8. The lowest BCUT2D eigenvalue weighted by molar-refractivity contribution is -0.196. The van der Waals surface area contributed by atoms with Crippen molar-refractivity contribution in [3.05, 3.63) is 0 Å². The predicted molar refractivity (Wildman–Crippen MR) is 63.9 cm³/mol. The molecule has 0 unspecified atom stereocenters. The van der Waals surface area contributed by atoms with Crippen LogP contribution in [0.1, 0.15) is 0 Å². The number of halogens is 6. The summed E-state index contributed by atoms with van der Waals surface area (Å²) in [5, 5.41) is 1.47. The smallest absolute Gasteiger partial charge is 0.462 e. The van der Waals surface area contributed by atoms with Gasteiger partial charge in [-0.1, -0.05) is 11.8 Å². The molecule has 0 fully saturated rings. The zero-order valence-corrected chi connectivity index (χ0v) is 11.1. The van der Waals surface area contributed by atoms with Gasteiger partial charge in [-0.25, -0.2) is 4.79 Å². The topological polar surface area (TPSA) is 81.4 Å². The molecule has 0 atom stereocenters. The lowest BCUT2D eigenvalue weighted by atomic mass is 10.5. The van der Waals surface area contributed by atoms with E-state index in [4.69, 9.17) is 5.73 Å². The molecule has 0 aliphatic carbocycles. The van der Waals surface area contributed by atoms with Crippen molar-refractivity contribution < 1.29 is 40.7 Å². The minimum absolute atomic E-state index is 0.347. The van der Waals surface area contributed by atoms with Crippen molar-refractivity contribution >= 4 is 11.9 Å². The largest absolute Gasteiger partial charge is 0.490 e. The lowest BCUT2D eigenvalue weighted by Gasteiger charge is -2.03. The van der Waals surface area contributed by atoms with Crippen LogP contribution in [0.4, 0.5) is 26.3 Å². The Balaban J connectivity index is -0.000000269. The number of rotatable bonds is 1. The van der Waals surface area contributed by atoms with Crippen LogP contribution in [0.3, 0.4) is 0 Å². The summed E-state index contributed by atoms with van der Waals surface area (Å²) in [6.45, 7) is -0.0572. The second-order valence-electron chi connectivity index (χ2n) is 2.78. The van der Waals surface area contributed by atoms with E-state index in [1.165, 1.54) is 5.32 Å². The van der Waals surface area contributed by atoms with E-state index < -0.39 is 30.8 Å². The maximum Gasteiger partial charge on any atom is 0.490 e. The van der Waals surface area contributed by atoms with E-state index in [2.05, 4.69) is 23.5 Å². The molecule has 126 valence electrons. The third-order valence-electron chi connectivity index (χ3n) is 1.14. The quantitative estimate of drug-likeness (QED) is 0.418. The van der Waals surface area contributed by atoms with Gasteiger partial charge in [-0.2, -0.15) is 26.3 Å². The summed E-state index contributed by atoms with van der Waals surface area (Å²) in [6.07, 6.45) is -0.448. The molecule has 0 heterocycles. The average molecular weight is 334 g/mol. The number of nitrogens with one attached hydrogen (secondary N) is 1. The zero-order valence-electron chi connectivity index (χ0n) is 11.1. The average Bonchev–Trinajstić information content (AvgIpc) is 2.42. The number of methoxy groups -OCH3 is 1. The number of ether oxygens (including phenoxy) is 1. The molecule has 0 rings (SSSR count). The highest BCUT2D eigenvalue weighted by molar-refractivity contribution is 5.81. The first kappa shape index (κ1) is 24.6. The van der Waals surface area contributed by atoms with E-state index in [0.29, 0.717) is 13.7 Å². The molecule has 0 spiro atoms. The van der Waals surface area contributed by atoms with Crippen LogP contribution < -0.4 is 11.1 Å². The number of alkyl halides is 6. The van der Waals surface area contributed by atoms with Crippen molar-refractivity contribution in [3.8, 4) is 24.7 Å². The van der Waals surface area contributed by atoms with Crippen molar-refractivity contribution in [2.75, 3.05) is 20.2 Å². The first-order chi connectivity index (χ1) is 9.88. The molecule has 3 N–H and O–H groups in total. The van der Waals surface area contributed by atoms with Gasteiger partial charge in [0.05, 0.1) is 20.2 Å². The Hall–Kier alpha value is -2.40. The molecule has 0 aromatic rings. The van der Waals surface area contributed by atoms with E-state index in [-0.39, 0.29) is 0 Å². The third-order valence-corrected chi connectivity index (χ3v) is 1.14.